The molecule has 1 aliphatic carbocycles. The van der Waals surface area contributed by atoms with Crippen molar-refractivity contribution in [3.05, 3.63) is 35.4 Å². The van der Waals surface area contributed by atoms with Crippen LogP contribution in [-0.2, 0) is 12.0 Å². The number of ether oxygens (including phenoxy) is 2. The summed E-state index contributed by atoms with van der Waals surface area (Å²) in [6.45, 7) is 6.17. The van der Waals surface area contributed by atoms with E-state index >= 15 is 0 Å². The molecular formula is C20H27NO3. The van der Waals surface area contributed by atoms with Crippen LogP contribution in [0.3, 0.4) is 0 Å². The first kappa shape index (κ1) is 16.0. The summed E-state index contributed by atoms with van der Waals surface area (Å²) >= 11 is 0. The van der Waals surface area contributed by atoms with E-state index in [1.54, 1.807) is 0 Å². The monoisotopic (exact) mass is 329 g/mol. The molecule has 130 valence electrons. The molecular weight excluding hydrogens is 302 g/mol. The van der Waals surface area contributed by atoms with Crippen molar-refractivity contribution in [3.63, 3.8) is 0 Å². The third-order valence-corrected chi connectivity index (χ3v) is 5.83. The molecule has 2 aliphatic heterocycles. The Hall–Kier alpha value is -1.52. The van der Waals surface area contributed by atoms with Crippen LogP contribution in [-0.4, -0.2) is 41.9 Å². The average molecular weight is 329 g/mol. The topological polar surface area (TPSA) is 41.9 Å². The fourth-order valence-electron chi connectivity index (χ4n) is 4.31. The molecule has 4 nitrogen and oxygen atoms in total. The van der Waals surface area contributed by atoms with E-state index in [0.717, 1.165) is 37.4 Å². The van der Waals surface area contributed by atoms with Gasteiger partial charge in [-0.2, -0.15) is 0 Å². The van der Waals surface area contributed by atoms with Crippen LogP contribution in [0.2, 0.25) is 0 Å². The highest BCUT2D eigenvalue weighted by atomic mass is 16.5. The van der Waals surface area contributed by atoms with Gasteiger partial charge >= 0.3 is 0 Å². The van der Waals surface area contributed by atoms with Crippen molar-refractivity contribution < 1.29 is 14.6 Å². The first-order valence-electron chi connectivity index (χ1n) is 9.09. The maximum atomic E-state index is 10.1. The molecule has 0 fully saturated rings. The largest absolute Gasteiger partial charge is 0.487 e. The van der Waals surface area contributed by atoms with Crippen LogP contribution in [0.5, 0.6) is 11.5 Å². The zero-order valence-corrected chi connectivity index (χ0v) is 14.8. The molecule has 4 heteroatoms. The Kier molecular flexibility index (Phi) is 3.85. The average Bonchev–Trinajstić information content (AvgIpc) is 2.82. The summed E-state index contributed by atoms with van der Waals surface area (Å²) in [7, 11) is 2.17. The molecule has 3 aliphatic rings. The second-order valence-electron chi connectivity index (χ2n) is 7.56. The second kappa shape index (κ2) is 5.78. The van der Waals surface area contributed by atoms with Crippen LogP contribution in [0.4, 0.5) is 0 Å². The van der Waals surface area contributed by atoms with Gasteiger partial charge in [0.2, 0.25) is 0 Å². The van der Waals surface area contributed by atoms with E-state index < -0.39 is 6.10 Å². The van der Waals surface area contributed by atoms with Gasteiger partial charge in [-0.05, 0) is 45.0 Å². The molecule has 2 heterocycles. The smallest absolute Gasteiger partial charge is 0.166 e. The standard InChI is InChI=1S/C20H27NO3/c1-4-13(2)23-16-6-5-14-12-21(3)10-9-20-8-7-15(22)11-17(20)24-19(16)18(14)20/h5-8,13,15,17,22H,4,9-12H2,1-3H3/t13?,15-,17-,20-/m0/s1. The summed E-state index contributed by atoms with van der Waals surface area (Å²) in [5.74, 6) is 1.76. The van der Waals surface area contributed by atoms with Crippen molar-refractivity contribution in [1.29, 1.82) is 0 Å². The normalized spacial score (nSPS) is 32.5. The number of aliphatic hydroxyl groups is 1. The number of benzene rings is 1. The minimum atomic E-state index is -0.418. The summed E-state index contributed by atoms with van der Waals surface area (Å²) in [6.07, 6.45) is 6.53. The van der Waals surface area contributed by atoms with E-state index in [1.807, 2.05) is 6.08 Å². The summed E-state index contributed by atoms with van der Waals surface area (Å²) in [5.41, 5.74) is 2.49. The molecule has 0 saturated carbocycles. The number of rotatable bonds is 3. The number of nitrogens with zero attached hydrogens (tertiary/aromatic N) is 1. The maximum Gasteiger partial charge on any atom is 0.166 e. The van der Waals surface area contributed by atoms with Gasteiger partial charge in [0.05, 0.1) is 17.6 Å². The molecule has 0 bridgehead atoms. The number of hydrogen-bond donors (Lipinski definition) is 1. The second-order valence-corrected chi connectivity index (χ2v) is 7.56. The van der Waals surface area contributed by atoms with Crippen molar-refractivity contribution in [1.82, 2.24) is 4.90 Å². The first-order valence-corrected chi connectivity index (χ1v) is 9.09. The quantitative estimate of drug-likeness (QED) is 0.866. The van der Waals surface area contributed by atoms with Gasteiger partial charge in [0.25, 0.3) is 0 Å². The third kappa shape index (κ3) is 2.35. The lowest BCUT2D eigenvalue weighted by Gasteiger charge is -2.35. The predicted octanol–water partition coefficient (Wildman–Crippen LogP) is 3.02. The highest BCUT2D eigenvalue weighted by Gasteiger charge is 2.52. The molecule has 1 aromatic rings. The van der Waals surface area contributed by atoms with Gasteiger partial charge in [-0.15, -0.1) is 0 Å². The minimum absolute atomic E-state index is 0.000525. The fraction of sp³-hybridized carbons (Fsp3) is 0.600. The molecule has 1 unspecified atom stereocenters. The number of aliphatic hydroxyl groups excluding tert-OH is 1. The van der Waals surface area contributed by atoms with Crippen LogP contribution >= 0.6 is 0 Å². The van der Waals surface area contributed by atoms with Crippen LogP contribution in [0, 0.1) is 0 Å². The van der Waals surface area contributed by atoms with Gasteiger partial charge in [-0.3, -0.25) is 0 Å². The Balaban J connectivity index is 1.86. The zero-order chi connectivity index (χ0) is 16.9. The number of hydrogen-bond acceptors (Lipinski definition) is 4. The van der Waals surface area contributed by atoms with Gasteiger partial charge < -0.3 is 19.5 Å². The molecule has 1 spiro atoms. The fourth-order valence-corrected chi connectivity index (χ4v) is 4.31. The van der Waals surface area contributed by atoms with Crippen molar-refractivity contribution in [3.8, 4) is 11.5 Å². The Morgan fingerprint density at radius 1 is 1.46 bits per heavy atom. The van der Waals surface area contributed by atoms with Crippen LogP contribution in [0.1, 0.15) is 44.2 Å². The SMILES string of the molecule is CCC(C)Oc1ccc2c3c1O[C@H]1C[C@@H](O)C=C[C@@]31CCN(C)C2. The molecule has 24 heavy (non-hydrogen) atoms. The van der Waals surface area contributed by atoms with Gasteiger partial charge in [-0.1, -0.05) is 25.1 Å². The maximum absolute atomic E-state index is 10.1. The first-order chi connectivity index (χ1) is 11.5. The van der Waals surface area contributed by atoms with Crippen molar-refractivity contribution in [2.45, 2.75) is 63.4 Å². The van der Waals surface area contributed by atoms with Crippen molar-refractivity contribution in [2.75, 3.05) is 13.6 Å². The van der Waals surface area contributed by atoms with E-state index in [9.17, 15) is 5.11 Å². The molecule has 0 amide bonds. The van der Waals surface area contributed by atoms with Crippen LogP contribution in [0.15, 0.2) is 24.3 Å². The Morgan fingerprint density at radius 2 is 2.29 bits per heavy atom. The zero-order valence-electron chi connectivity index (χ0n) is 14.8. The van der Waals surface area contributed by atoms with Crippen LogP contribution in [0.25, 0.3) is 0 Å². The van der Waals surface area contributed by atoms with E-state index in [-0.39, 0.29) is 17.6 Å². The summed E-state index contributed by atoms with van der Waals surface area (Å²) in [6, 6.07) is 4.26. The van der Waals surface area contributed by atoms with E-state index in [4.69, 9.17) is 9.47 Å². The van der Waals surface area contributed by atoms with E-state index in [1.165, 1.54) is 11.1 Å². The van der Waals surface area contributed by atoms with Crippen molar-refractivity contribution >= 4 is 0 Å². The molecule has 1 aromatic carbocycles. The highest BCUT2D eigenvalue weighted by Crippen LogP contribution is 2.55. The van der Waals surface area contributed by atoms with Crippen LogP contribution < -0.4 is 9.47 Å². The van der Waals surface area contributed by atoms with Gasteiger partial charge in [0.1, 0.15) is 6.10 Å². The van der Waals surface area contributed by atoms with Gasteiger partial charge in [-0.25, -0.2) is 0 Å². The summed E-state index contributed by atoms with van der Waals surface area (Å²) in [5, 5.41) is 10.1. The molecule has 0 aromatic heterocycles. The summed E-state index contributed by atoms with van der Waals surface area (Å²) in [4.78, 5) is 2.37. The molecule has 4 rings (SSSR count). The van der Waals surface area contributed by atoms with Crippen molar-refractivity contribution in [2.24, 2.45) is 0 Å². The lowest BCUT2D eigenvalue weighted by molar-refractivity contribution is 0.0804. The lowest BCUT2D eigenvalue weighted by Crippen LogP contribution is -2.42. The highest BCUT2D eigenvalue weighted by molar-refractivity contribution is 5.61. The molecule has 4 atom stereocenters. The van der Waals surface area contributed by atoms with Gasteiger partial charge in [0.15, 0.2) is 11.5 Å². The third-order valence-electron chi connectivity index (χ3n) is 5.83. The lowest BCUT2D eigenvalue weighted by atomic mass is 9.69. The molecule has 1 N–H and O–H groups in total. The van der Waals surface area contributed by atoms with E-state index in [2.05, 4.69) is 44.0 Å². The Labute approximate surface area is 144 Å². The van der Waals surface area contributed by atoms with Gasteiger partial charge in [0, 0.05) is 18.5 Å². The predicted molar refractivity (Wildman–Crippen MR) is 93.6 cm³/mol. The minimum Gasteiger partial charge on any atom is -0.487 e. The Morgan fingerprint density at radius 3 is 3.08 bits per heavy atom. The summed E-state index contributed by atoms with van der Waals surface area (Å²) < 4.78 is 12.6. The molecule has 0 radical (unpaired) electrons. The molecule has 0 saturated heterocycles. The Bertz CT molecular complexity index is 671. The van der Waals surface area contributed by atoms with E-state index in [0.29, 0.717) is 6.42 Å².